The summed E-state index contributed by atoms with van der Waals surface area (Å²) in [4.78, 5) is 20.3. The van der Waals surface area contributed by atoms with Crippen molar-refractivity contribution < 1.29 is 4.79 Å². The van der Waals surface area contributed by atoms with Gasteiger partial charge in [0.05, 0.1) is 17.6 Å². The molecular weight excluding hydrogens is 318 g/mol. The van der Waals surface area contributed by atoms with E-state index < -0.39 is 0 Å². The van der Waals surface area contributed by atoms with Gasteiger partial charge in [0.25, 0.3) is 5.91 Å². The van der Waals surface area contributed by atoms with Crippen LogP contribution in [-0.4, -0.2) is 28.6 Å². The summed E-state index contributed by atoms with van der Waals surface area (Å²) in [5.74, 6) is -0.356. The molecule has 0 saturated carbocycles. The Bertz CT molecular complexity index is 888. The molecule has 0 radical (unpaired) electrons. The second-order valence-electron chi connectivity index (χ2n) is 5.19. The molecule has 2 aromatic rings. The second-order valence-corrected chi connectivity index (χ2v) is 5.19. The van der Waals surface area contributed by atoms with E-state index in [1.165, 1.54) is 17.4 Å². The maximum Gasteiger partial charge on any atom is 0.275 e. The number of benzene rings is 1. The summed E-state index contributed by atoms with van der Waals surface area (Å²) < 4.78 is 0. The van der Waals surface area contributed by atoms with Gasteiger partial charge in [0, 0.05) is 18.9 Å². The first-order valence-electron chi connectivity index (χ1n) is 7.27. The van der Waals surface area contributed by atoms with Gasteiger partial charge in [0.2, 0.25) is 5.71 Å². The van der Waals surface area contributed by atoms with Gasteiger partial charge in [-0.05, 0) is 37.6 Å². The number of aryl methyl sites for hydroxylation is 2. The van der Waals surface area contributed by atoms with Crippen LogP contribution in [0.2, 0.25) is 0 Å². The van der Waals surface area contributed by atoms with E-state index >= 15 is 0 Å². The van der Waals surface area contributed by atoms with Crippen molar-refractivity contribution in [2.75, 3.05) is 17.4 Å². The number of nitrogens with one attached hydrogen (secondary N) is 1. The Morgan fingerprint density at radius 2 is 1.92 bits per heavy atom. The van der Waals surface area contributed by atoms with Gasteiger partial charge in [-0.25, -0.2) is 4.98 Å². The average Bonchev–Trinajstić information content (AvgIpc) is 2.61. The Labute approximate surface area is 145 Å². The normalized spacial score (nSPS) is 9.48. The number of hydrogen-bond donors (Lipinski definition) is 1. The van der Waals surface area contributed by atoms with E-state index in [-0.39, 0.29) is 17.3 Å². The van der Waals surface area contributed by atoms with E-state index in [0.717, 1.165) is 11.3 Å². The maximum absolute atomic E-state index is 12.2. The number of aromatic nitrogens is 2. The van der Waals surface area contributed by atoms with E-state index in [4.69, 9.17) is 10.5 Å². The molecule has 0 spiro atoms. The lowest BCUT2D eigenvalue weighted by Crippen LogP contribution is -2.16. The number of hydrogen-bond acceptors (Lipinski definition) is 7. The first-order chi connectivity index (χ1) is 11.9. The first-order valence-corrected chi connectivity index (χ1v) is 7.27. The van der Waals surface area contributed by atoms with E-state index in [1.807, 2.05) is 6.92 Å². The van der Waals surface area contributed by atoms with Crippen LogP contribution in [0.25, 0.3) is 0 Å². The van der Waals surface area contributed by atoms with Crippen molar-refractivity contribution in [2.24, 2.45) is 5.10 Å². The summed E-state index contributed by atoms with van der Waals surface area (Å²) >= 11 is 0. The van der Waals surface area contributed by atoms with Crippen molar-refractivity contribution in [1.82, 2.24) is 9.97 Å². The molecule has 0 aliphatic carbocycles. The van der Waals surface area contributed by atoms with Gasteiger partial charge in [-0.1, -0.05) is 0 Å². The Kier molecular flexibility index (Phi) is 5.39. The third-order valence-electron chi connectivity index (χ3n) is 3.31. The molecule has 2 rings (SSSR count). The number of hydrazone groups is 1. The molecular formula is C17H15N7O. The highest BCUT2D eigenvalue weighted by Gasteiger charge is 2.11. The van der Waals surface area contributed by atoms with Crippen molar-refractivity contribution in [2.45, 2.75) is 13.8 Å². The molecule has 8 heteroatoms. The van der Waals surface area contributed by atoms with Crippen molar-refractivity contribution in [1.29, 1.82) is 10.5 Å². The zero-order chi connectivity index (χ0) is 18.4. The van der Waals surface area contributed by atoms with Crippen molar-refractivity contribution in [3.63, 3.8) is 0 Å². The fourth-order valence-electron chi connectivity index (χ4n) is 1.96. The lowest BCUT2D eigenvalue weighted by atomic mass is 10.1. The Morgan fingerprint density at radius 1 is 1.20 bits per heavy atom. The molecule has 0 aliphatic rings. The molecule has 1 amide bonds. The molecule has 0 bridgehead atoms. The third kappa shape index (κ3) is 4.36. The van der Waals surface area contributed by atoms with Gasteiger partial charge in [0.1, 0.15) is 17.8 Å². The number of amides is 1. The Morgan fingerprint density at radius 3 is 2.48 bits per heavy atom. The topological polar surface area (TPSA) is 118 Å². The van der Waals surface area contributed by atoms with Gasteiger partial charge < -0.3 is 5.32 Å². The number of carbonyl (C=O) groups excluding carboxylic acids is 1. The summed E-state index contributed by atoms with van der Waals surface area (Å²) in [5, 5.41) is 25.6. The zero-order valence-corrected chi connectivity index (χ0v) is 14.0. The molecule has 1 N–H and O–H groups in total. The van der Waals surface area contributed by atoms with E-state index in [2.05, 4.69) is 20.4 Å². The maximum atomic E-state index is 12.2. The minimum atomic E-state index is -0.356. The van der Waals surface area contributed by atoms with E-state index in [1.54, 1.807) is 44.3 Å². The quantitative estimate of drug-likeness (QED) is 0.676. The number of rotatable bonds is 4. The zero-order valence-electron chi connectivity index (χ0n) is 14.0. The number of nitriles is 2. The average molecular weight is 333 g/mol. The number of anilines is 2. The largest absolute Gasteiger partial charge is 0.320 e. The molecule has 25 heavy (non-hydrogen) atoms. The standard InChI is InChI=1S/C17H15N7O/c1-11-6-14(24(3)23-13(7-18)8-19)4-5-15(11)22-17(25)16-10-20-12(2)9-21-16/h4-6,9-10H,1-3H3,(H,22,25). The van der Waals surface area contributed by atoms with Gasteiger partial charge in [-0.3, -0.25) is 14.8 Å². The molecule has 124 valence electrons. The molecule has 1 heterocycles. The van der Waals surface area contributed by atoms with Crippen molar-refractivity contribution >= 4 is 23.0 Å². The summed E-state index contributed by atoms with van der Waals surface area (Å²) in [6, 6.07) is 8.63. The van der Waals surface area contributed by atoms with Crippen LogP contribution in [0, 0.1) is 36.5 Å². The van der Waals surface area contributed by atoms with Crippen LogP contribution in [-0.2, 0) is 0 Å². The van der Waals surface area contributed by atoms with Crippen LogP contribution in [0.5, 0.6) is 0 Å². The molecule has 0 saturated heterocycles. The highest BCUT2D eigenvalue weighted by atomic mass is 16.1. The monoisotopic (exact) mass is 333 g/mol. The predicted octanol–water partition coefficient (Wildman–Crippen LogP) is 2.19. The first kappa shape index (κ1) is 17.6. The van der Waals surface area contributed by atoms with Crippen LogP contribution in [0.3, 0.4) is 0 Å². The van der Waals surface area contributed by atoms with E-state index in [0.29, 0.717) is 11.4 Å². The molecule has 8 nitrogen and oxygen atoms in total. The fraction of sp³-hybridized carbons (Fsp3) is 0.176. The van der Waals surface area contributed by atoms with Gasteiger partial charge in [-0.15, -0.1) is 0 Å². The van der Waals surface area contributed by atoms with Crippen LogP contribution in [0.15, 0.2) is 35.7 Å². The SMILES string of the molecule is Cc1cnc(C(=O)Nc2ccc(N(C)N=C(C#N)C#N)cc2C)cn1. The van der Waals surface area contributed by atoms with Gasteiger partial charge >= 0.3 is 0 Å². The Balaban J connectivity index is 2.18. The summed E-state index contributed by atoms with van der Waals surface area (Å²) in [7, 11) is 1.63. The molecule has 1 aromatic heterocycles. The van der Waals surface area contributed by atoms with Crippen LogP contribution in [0.1, 0.15) is 21.7 Å². The molecule has 0 fully saturated rings. The lowest BCUT2D eigenvalue weighted by Gasteiger charge is -2.15. The lowest BCUT2D eigenvalue weighted by molar-refractivity contribution is 0.102. The molecule has 0 atom stereocenters. The number of carbonyl (C=O) groups is 1. The predicted molar refractivity (Wildman–Crippen MR) is 93.0 cm³/mol. The van der Waals surface area contributed by atoms with Crippen LogP contribution in [0.4, 0.5) is 11.4 Å². The molecule has 0 aliphatic heterocycles. The van der Waals surface area contributed by atoms with Gasteiger partial charge in [-0.2, -0.15) is 15.6 Å². The molecule has 0 unspecified atom stereocenters. The summed E-state index contributed by atoms with van der Waals surface area (Å²) in [6.07, 6.45) is 2.95. The highest BCUT2D eigenvalue weighted by Crippen LogP contribution is 2.22. The fourth-order valence-corrected chi connectivity index (χ4v) is 1.96. The second kappa shape index (κ2) is 7.66. The summed E-state index contributed by atoms with van der Waals surface area (Å²) in [6.45, 7) is 3.62. The van der Waals surface area contributed by atoms with Gasteiger partial charge in [0.15, 0.2) is 0 Å². The van der Waals surface area contributed by atoms with Crippen molar-refractivity contribution in [3.8, 4) is 12.1 Å². The van der Waals surface area contributed by atoms with Crippen molar-refractivity contribution in [3.05, 3.63) is 47.5 Å². The van der Waals surface area contributed by atoms with E-state index in [9.17, 15) is 4.79 Å². The molecule has 1 aromatic carbocycles. The van der Waals surface area contributed by atoms with Crippen LogP contribution >= 0.6 is 0 Å². The van der Waals surface area contributed by atoms with Crippen LogP contribution < -0.4 is 10.3 Å². The smallest absolute Gasteiger partial charge is 0.275 e. The Hall–Kier alpha value is -3.78. The third-order valence-corrected chi connectivity index (χ3v) is 3.31. The minimum Gasteiger partial charge on any atom is -0.320 e. The highest BCUT2D eigenvalue weighted by molar-refractivity contribution is 6.10. The number of nitrogens with zero attached hydrogens (tertiary/aromatic N) is 6. The summed E-state index contributed by atoms with van der Waals surface area (Å²) in [5.41, 5.74) is 2.81. The minimum absolute atomic E-state index is 0.225.